The van der Waals surface area contributed by atoms with Crippen molar-refractivity contribution in [2.75, 3.05) is 13.7 Å². The molecule has 0 aliphatic rings. The van der Waals surface area contributed by atoms with Gasteiger partial charge in [0.2, 0.25) is 0 Å². The summed E-state index contributed by atoms with van der Waals surface area (Å²) in [7, 11) is 1.62. The van der Waals surface area contributed by atoms with Crippen LogP contribution < -0.4 is 10.5 Å². The second-order valence-corrected chi connectivity index (χ2v) is 3.34. The number of aromatic hydroxyl groups is 1. The van der Waals surface area contributed by atoms with Gasteiger partial charge in [0.1, 0.15) is 11.5 Å². The third kappa shape index (κ3) is 2.39. The van der Waals surface area contributed by atoms with Crippen LogP contribution >= 0.6 is 0 Å². The highest BCUT2D eigenvalue weighted by Crippen LogP contribution is 2.28. The maximum absolute atomic E-state index is 9.75. The zero-order valence-electron chi connectivity index (χ0n) is 8.71. The molecule has 0 bridgehead atoms. The number of hydrogen-bond donors (Lipinski definition) is 2. The smallest absolute Gasteiger partial charge is 0.121 e. The highest BCUT2D eigenvalue weighted by Gasteiger charge is 2.06. The molecular formula is C11H17NO2. The van der Waals surface area contributed by atoms with E-state index >= 15 is 0 Å². The molecular weight excluding hydrogens is 178 g/mol. The summed E-state index contributed by atoms with van der Waals surface area (Å²) in [6.07, 6.45) is 1.67. The molecule has 0 saturated carbocycles. The maximum Gasteiger partial charge on any atom is 0.121 e. The van der Waals surface area contributed by atoms with Crippen molar-refractivity contribution in [1.82, 2.24) is 0 Å². The topological polar surface area (TPSA) is 55.5 Å². The van der Waals surface area contributed by atoms with Gasteiger partial charge in [0.05, 0.1) is 7.11 Å². The molecule has 1 aromatic rings. The third-order valence-corrected chi connectivity index (χ3v) is 2.24. The first-order chi connectivity index (χ1) is 6.69. The number of rotatable bonds is 4. The molecule has 0 aliphatic heterocycles. The SMILES string of the molecule is COc1cc(C)c(O)c(CCCN)c1. The molecule has 0 unspecified atom stereocenters. The summed E-state index contributed by atoms with van der Waals surface area (Å²) in [6, 6.07) is 3.68. The molecule has 0 amide bonds. The lowest BCUT2D eigenvalue weighted by Gasteiger charge is -2.09. The van der Waals surface area contributed by atoms with Gasteiger partial charge >= 0.3 is 0 Å². The lowest BCUT2D eigenvalue weighted by Crippen LogP contribution is -2.01. The molecule has 0 aromatic heterocycles. The Morgan fingerprint density at radius 2 is 2.14 bits per heavy atom. The van der Waals surface area contributed by atoms with Gasteiger partial charge in [0, 0.05) is 0 Å². The average Bonchev–Trinajstić information content (AvgIpc) is 2.20. The van der Waals surface area contributed by atoms with E-state index in [0.717, 1.165) is 29.7 Å². The van der Waals surface area contributed by atoms with E-state index in [-0.39, 0.29) is 0 Å². The number of methoxy groups -OCH3 is 1. The Kier molecular flexibility index (Phi) is 3.77. The number of nitrogens with two attached hydrogens (primary N) is 1. The summed E-state index contributed by atoms with van der Waals surface area (Å²) in [5.41, 5.74) is 7.18. The fourth-order valence-corrected chi connectivity index (χ4v) is 1.42. The molecule has 3 heteroatoms. The Labute approximate surface area is 84.5 Å². The molecule has 0 saturated heterocycles. The van der Waals surface area contributed by atoms with Crippen molar-refractivity contribution < 1.29 is 9.84 Å². The van der Waals surface area contributed by atoms with Crippen LogP contribution in [-0.2, 0) is 6.42 Å². The van der Waals surface area contributed by atoms with E-state index in [4.69, 9.17) is 10.5 Å². The molecule has 3 nitrogen and oxygen atoms in total. The van der Waals surface area contributed by atoms with E-state index in [1.54, 1.807) is 7.11 Å². The van der Waals surface area contributed by atoms with Gasteiger partial charge in [-0.2, -0.15) is 0 Å². The van der Waals surface area contributed by atoms with Crippen LogP contribution in [0.15, 0.2) is 12.1 Å². The van der Waals surface area contributed by atoms with Crippen molar-refractivity contribution in [1.29, 1.82) is 0 Å². The summed E-state index contributed by atoms with van der Waals surface area (Å²) >= 11 is 0. The van der Waals surface area contributed by atoms with Crippen molar-refractivity contribution >= 4 is 0 Å². The number of ether oxygens (including phenoxy) is 1. The van der Waals surface area contributed by atoms with Crippen LogP contribution in [0.1, 0.15) is 17.5 Å². The number of hydrogen-bond acceptors (Lipinski definition) is 3. The Morgan fingerprint density at radius 3 is 2.71 bits per heavy atom. The van der Waals surface area contributed by atoms with Crippen molar-refractivity contribution in [2.45, 2.75) is 19.8 Å². The molecule has 0 aliphatic carbocycles. The van der Waals surface area contributed by atoms with E-state index in [0.29, 0.717) is 12.3 Å². The summed E-state index contributed by atoms with van der Waals surface area (Å²) < 4.78 is 5.13. The zero-order valence-corrected chi connectivity index (χ0v) is 8.71. The lowest BCUT2D eigenvalue weighted by atomic mass is 10.0. The van der Waals surface area contributed by atoms with E-state index in [1.165, 1.54) is 0 Å². The van der Waals surface area contributed by atoms with Gasteiger partial charge in [-0.3, -0.25) is 0 Å². The quantitative estimate of drug-likeness (QED) is 0.767. The van der Waals surface area contributed by atoms with Crippen molar-refractivity contribution in [3.05, 3.63) is 23.3 Å². The number of benzene rings is 1. The second-order valence-electron chi connectivity index (χ2n) is 3.34. The monoisotopic (exact) mass is 195 g/mol. The van der Waals surface area contributed by atoms with Gasteiger partial charge in [0.25, 0.3) is 0 Å². The van der Waals surface area contributed by atoms with Crippen molar-refractivity contribution in [2.24, 2.45) is 5.73 Å². The van der Waals surface area contributed by atoms with Gasteiger partial charge in [-0.1, -0.05) is 0 Å². The molecule has 1 rings (SSSR count). The van der Waals surface area contributed by atoms with Crippen LogP contribution in [0.5, 0.6) is 11.5 Å². The van der Waals surface area contributed by atoms with Crippen molar-refractivity contribution in [3.8, 4) is 11.5 Å². The minimum absolute atomic E-state index is 0.360. The summed E-state index contributed by atoms with van der Waals surface area (Å²) in [5.74, 6) is 1.14. The van der Waals surface area contributed by atoms with Gasteiger partial charge in [-0.25, -0.2) is 0 Å². The largest absolute Gasteiger partial charge is 0.507 e. The first kappa shape index (κ1) is 10.9. The van der Waals surface area contributed by atoms with E-state index in [9.17, 15) is 5.11 Å². The molecule has 0 fully saturated rings. The van der Waals surface area contributed by atoms with Crippen LogP contribution in [0.25, 0.3) is 0 Å². The predicted molar refractivity (Wildman–Crippen MR) is 56.8 cm³/mol. The summed E-state index contributed by atoms with van der Waals surface area (Å²) in [5, 5.41) is 9.75. The van der Waals surface area contributed by atoms with E-state index in [2.05, 4.69) is 0 Å². The van der Waals surface area contributed by atoms with Crippen LogP contribution in [0.2, 0.25) is 0 Å². The predicted octanol–water partition coefficient (Wildman–Crippen LogP) is 1.60. The van der Waals surface area contributed by atoms with E-state index in [1.807, 2.05) is 19.1 Å². The highest BCUT2D eigenvalue weighted by molar-refractivity contribution is 5.45. The van der Waals surface area contributed by atoms with Crippen LogP contribution in [-0.4, -0.2) is 18.8 Å². The molecule has 14 heavy (non-hydrogen) atoms. The fraction of sp³-hybridized carbons (Fsp3) is 0.455. The average molecular weight is 195 g/mol. The first-order valence-corrected chi connectivity index (χ1v) is 4.75. The van der Waals surface area contributed by atoms with Crippen LogP contribution in [0.4, 0.5) is 0 Å². The standard InChI is InChI=1S/C11H17NO2/c1-8-6-10(14-2)7-9(11(8)13)4-3-5-12/h6-7,13H,3-5,12H2,1-2H3. The highest BCUT2D eigenvalue weighted by atomic mass is 16.5. The molecule has 1 aromatic carbocycles. The zero-order chi connectivity index (χ0) is 10.6. The molecule has 78 valence electrons. The molecule has 0 heterocycles. The summed E-state index contributed by atoms with van der Waals surface area (Å²) in [4.78, 5) is 0. The first-order valence-electron chi connectivity index (χ1n) is 4.75. The second kappa shape index (κ2) is 4.86. The Bertz CT molecular complexity index is 310. The Balaban J connectivity index is 2.95. The minimum atomic E-state index is 0.360. The Hall–Kier alpha value is -1.22. The number of phenolic OH excluding ortho intramolecular Hbond substituents is 1. The molecule has 0 radical (unpaired) electrons. The fourth-order valence-electron chi connectivity index (χ4n) is 1.42. The maximum atomic E-state index is 9.75. The van der Waals surface area contributed by atoms with Crippen LogP contribution in [0.3, 0.4) is 0 Å². The number of phenols is 1. The van der Waals surface area contributed by atoms with E-state index < -0.39 is 0 Å². The minimum Gasteiger partial charge on any atom is -0.507 e. The van der Waals surface area contributed by atoms with Gasteiger partial charge in [-0.05, 0) is 49.6 Å². The third-order valence-electron chi connectivity index (χ3n) is 2.24. The van der Waals surface area contributed by atoms with Gasteiger partial charge in [-0.15, -0.1) is 0 Å². The molecule has 0 spiro atoms. The molecule has 0 atom stereocenters. The molecule has 3 N–H and O–H groups in total. The normalized spacial score (nSPS) is 10.2. The van der Waals surface area contributed by atoms with Gasteiger partial charge < -0.3 is 15.6 Å². The Morgan fingerprint density at radius 1 is 1.43 bits per heavy atom. The number of aryl methyl sites for hydroxylation is 2. The van der Waals surface area contributed by atoms with Crippen molar-refractivity contribution in [3.63, 3.8) is 0 Å². The lowest BCUT2D eigenvalue weighted by molar-refractivity contribution is 0.409. The summed E-state index contributed by atoms with van der Waals surface area (Å²) in [6.45, 7) is 2.50. The van der Waals surface area contributed by atoms with Crippen LogP contribution in [0, 0.1) is 6.92 Å². The van der Waals surface area contributed by atoms with Gasteiger partial charge in [0.15, 0.2) is 0 Å².